The Hall–Kier alpha value is -2.27. The van der Waals surface area contributed by atoms with Crippen molar-refractivity contribution in [2.45, 2.75) is 31.6 Å². The molecule has 0 unspecified atom stereocenters. The number of furan rings is 1. The quantitative estimate of drug-likeness (QED) is 0.848. The number of hydrogen-bond donors (Lipinski definition) is 2. The summed E-state index contributed by atoms with van der Waals surface area (Å²) in [5.74, 6) is -0.115. The number of benzene rings is 1. The first-order valence-corrected chi connectivity index (χ1v) is 7.82. The monoisotopic (exact) mass is 332 g/mol. The maximum Gasteiger partial charge on any atom is 0.273 e. The van der Waals surface area contributed by atoms with E-state index in [1.807, 2.05) is 18.2 Å². The van der Waals surface area contributed by atoms with E-state index in [-0.39, 0.29) is 5.91 Å². The van der Waals surface area contributed by atoms with Crippen molar-refractivity contribution < 1.29 is 14.0 Å². The van der Waals surface area contributed by atoms with Crippen LogP contribution in [0, 0.1) is 6.92 Å². The highest BCUT2D eigenvalue weighted by Crippen LogP contribution is 2.44. The van der Waals surface area contributed by atoms with Gasteiger partial charge in [0.05, 0.1) is 17.2 Å². The molecule has 2 amide bonds. The second-order valence-electron chi connectivity index (χ2n) is 5.74. The highest BCUT2D eigenvalue weighted by Gasteiger charge is 2.45. The molecule has 3 rings (SSSR count). The van der Waals surface area contributed by atoms with Crippen LogP contribution in [-0.4, -0.2) is 11.8 Å². The Morgan fingerprint density at radius 1 is 1.22 bits per heavy atom. The van der Waals surface area contributed by atoms with Crippen LogP contribution in [-0.2, 0) is 10.2 Å². The number of amides is 2. The number of hydrazine groups is 1. The fraction of sp³-hybridized carbons (Fsp3) is 0.294. The molecule has 0 bridgehead atoms. The number of carbonyl (C=O) groups excluding carboxylic acids is 2. The van der Waals surface area contributed by atoms with Crippen molar-refractivity contribution in [3.63, 3.8) is 0 Å². The Morgan fingerprint density at radius 3 is 2.57 bits per heavy atom. The highest BCUT2D eigenvalue weighted by molar-refractivity contribution is 6.30. The molecular formula is C17H17ClN2O3. The fourth-order valence-corrected chi connectivity index (χ4v) is 3.07. The maximum atomic E-state index is 12.6. The zero-order chi connectivity index (χ0) is 16.4. The molecule has 0 saturated heterocycles. The van der Waals surface area contributed by atoms with Crippen molar-refractivity contribution >= 4 is 23.4 Å². The van der Waals surface area contributed by atoms with Gasteiger partial charge in [0.1, 0.15) is 5.76 Å². The molecular weight excluding hydrogens is 316 g/mol. The van der Waals surface area contributed by atoms with Crippen LogP contribution in [0.5, 0.6) is 0 Å². The zero-order valence-electron chi connectivity index (χ0n) is 12.7. The van der Waals surface area contributed by atoms with E-state index in [2.05, 4.69) is 10.9 Å². The summed E-state index contributed by atoms with van der Waals surface area (Å²) in [5.41, 5.74) is 5.64. The Labute approximate surface area is 139 Å². The molecule has 5 nitrogen and oxygen atoms in total. The van der Waals surface area contributed by atoms with E-state index in [0.29, 0.717) is 16.3 Å². The molecule has 1 aromatic heterocycles. The van der Waals surface area contributed by atoms with Gasteiger partial charge in [-0.2, -0.15) is 0 Å². The third kappa shape index (κ3) is 2.84. The zero-order valence-corrected chi connectivity index (χ0v) is 13.4. The molecule has 23 heavy (non-hydrogen) atoms. The van der Waals surface area contributed by atoms with Gasteiger partial charge in [0, 0.05) is 5.02 Å². The van der Waals surface area contributed by atoms with Crippen LogP contribution in [0.1, 0.15) is 40.9 Å². The minimum absolute atomic E-state index is 0.222. The van der Waals surface area contributed by atoms with Gasteiger partial charge in [0.15, 0.2) is 0 Å². The molecule has 1 aromatic carbocycles. The normalized spacial score (nSPS) is 15.6. The number of hydrogen-bond acceptors (Lipinski definition) is 3. The molecule has 2 aromatic rings. The van der Waals surface area contributed by atoms with Crippen molar-refractivity contribution in [2.75, 3.05) is 0 Å². The van der Waals surface area contributed by atoms with Crippen molar-refractivity contribution in [3.8, 4) is 0 Å². The lowest BCUT2D eigenvalue weighted by Gasteiger charge is -2.40. The molecule has 1 aliphatic carbocycles. The van der Waals surface area contributed by atoms with Crippen LogP contribution in [0.2, 0.25) is 5.02 Å². The number of rotatable bonds is 3. The first-order valence-electron chi connectivity index (χ1n) is 7.44. The molecule has 1 heterocycles. The van der Waals surface area contributed by atoms with Gasteiger partial charge in [-0.1, -0.05) is 30.2 Å². The molecule has 0 spiro atoms. The van der Waals surface area contributed by atoms with E-state index >= 15 is 0 Å². The molecule has 1 saturated carbocycles. The van der Waals surface area contributed by atoms with Crippen LogP contribution >= 0.6 is 11.6 Å². The van der Waals surface area contributed by atoms with E-state index in [4.69, 9.17) is 16.0 Å². The minimum atomic E-state index is -0.621. The van der Waals surface area contributed by atoms with Crippen LogP contribution < -0.4 is 10.9 Å². The first-order chi connectivity index (χ1) is 11.0. The SMILES string of the molecule is Cc1occc1C(=O)NNC(=O)C1(c2cccc(Cl)c2)CCC1. The average Bonchev–Trinajstić information content (AvgIpc) is 2.90. The maximum absolute atomic E-state index is 12.6. The Morgan fingerprint density at radius 2 is 2.00 bits per heavy atom. The van der Waals surface area contributed by atoms with Gasteiger partial charge in [-0.3, -0.25) is 20.4 Å². The number of carbonyl (C=O) groups is 2. The van der Waals surface area contributed by atoms with Gasteiger partial charge in [-0.15, -0.1) is 0 Å². The van der Waals surface area contributed by atoms with Crippen molar-refractivity contribution in [1.29, 1.82) is 0 Å². The van der Waals surface area contributed by atoms with E-state index in [9.17, 15) is 9.59 Å². The molecule has 1 fully saturated rings. The summed E-state index contributed by atoms with van der Waals surface area (Å²) in [7, 11) is 0. The average molecular weight is 333 g/mol. The van der Waals surface area contributed by atoms with Crippen molar-refractivity contribution in [1.82, 2.24) is 10.9 Å². The molecule has 0 radical (unpaired) electrons. The summed E-state index contributed by atoms with van der Waals surface area (Å²) >= 11 is 6.04. The van der Waals surface area contributed by atoms with E-state index in [1.165, 1.54) is 6.26 Å². The summed E-state index contributed by atoms with van der Waals surface area (Å²) in [6, 6.07) is 8.87. The Kier molecular flexibility index (Phi) is 4.13. The Balaban J connectivity index is 1.72. The predicted octanol–water partition coefficient (Wildman–Crippen LogP) is 3.12. The minimum Gasteiger partial charge on any atom is -0.469 e. The second kappa shape index (κ2) is 6.08. The van der Waals surface area contributed by atoms with Gasteiger partial charge in [-0.05, 0) is 43.5 Å². The third-order valence-corrected chi connectivity index (χ3v) is 4.65. The molecule has 2 N–H and O–H groups in total. The number of aryl methyl sites for hydroxylation is 1. The molecule has 120 valence electrons. The lowest BCUT2D eigenvalue weighted by Crippen LogP contribution is -2.54. The molecule has 1 aliphatic rings. The lowest BCUT2D eigenvalue weighted by molar-refractivity contribution is -0.130. The standard InChI is InChI=1S/C17H17ClN2O3/c1-11-14(6-9-23-11)15(21)19-20-16(22)17(7-3-8-17)12-4-2-5-13(18)10-12/h2,4-6,9-10H,3,7-8H2,1H3,(H,19,21)(H,20,22). The van der Waals surface area contributed by atoms with E-state index in [0.717, 1.165) is 24.8 Å². The largest absolute Gasteiger partial charge is 0.469 e. The third-order valence-electron chi connectivity index (χ3n) is 4.41. The summed E-state index contributed by atoms with van der Waals surface area (Å²) in [6.45, 7) is 1.69. The van der Waals surface area contributed by atoms with Gasteiger partial charge >= 0.3 is 0 Å². The van der Waals surface area contributed by atoms with Crippen molar-refractivity contribution in [2.24, 2.45) is 0 Å². The Bertz CT molecular complexity index is 750. The topological polar surface area (TPSA) is 71.3 Å². The van der Waals surface area contributed by atoms with E-state index in [1.54, 1.807) is 19.1 Å². The van der Waals surface area contributed by atoms with E-state index < -0.39 is 11.3 Å². The molecule has 6 heteroatoms. The van der Waals surface area contributed by atoms with Gasteiger partial charge in [0.25, 0.3) is 5.91 Å². The molecule has 0 atom stereocenters. The van der Waals surface area contributed by atoms with Gasteiger partial charge < -0.3 is 4.42 Å². The second-order valence-corrected chi connectivity index (χ2v) is 6.18. The summed E-state index contributed by atoms with van der Waals surface area (Å²) < 4.78 is 5.09. The number of halogens is 1. The fourth-order valence-electron chi connectivity index (χ4n) is 2.88. The summed E-state index contributed by atoms with van der Waals surface area (Å²) in [6.07, 6.45) is 3.87. The molecule has 0 aliphatic heterocycles. The first kappa shape index (κ1) is 15.6. The van der Waals surface area contributed by atoms with Crippen LogP contribution in [0.3, 0.4) is 0 Å². The van der Waals surface area contributed by atoms with Crippen LogP contribution in [0.4, 0.5) is 0 Å². The summed E-state index contributed by atoms with van der Waals surface area (Å²) in [5, 5.41) is 0.597. The van der Waals surface area contributed by atoms with Crippen molar-refractivity contribution in [3.05, 3.63) is 58.5 Å². The predicted molar refractivity (Wildman–Crippen MR) is 86.0 cm³/mol. The van der Waals surface area contributed by atoms with Gasteiger partial charge in [-0.25, -0.2) is 0 Å². The van der Waals surface area contributed by atoms with Crippen LogP contribution in [0.15, 0.2) is 41.0 Å². The summed E-state index contributed by atoms with van der Waals surface area (Å²) in [4.78, 5) is 24.7. The van der Waals surface area contributed by atoms with Gasteiger partial charge in [0.2, 0.25) is 5.91 Å². The smallest absolute Gasteiger partial charge is 0.273 e. The lowest BCUT2D eigenvalue weighted by atomic mass is 9.64. The number of nitrogens with one attached hydrogen (secondary N) is 2. The highest BCUT2D eigenvalue weighted by atomic mass is 35.5. The van der Waals surface area contributed by atoms with Crippen LogP contribution in [0.25, 0.3) is 0 Å².